The number of esters is 1. The number of aliphatic hydroxyl groups excluding tert-OH is 1. The first-order chi connectivity index (χ1) is 17.3. The minimum Gasteiger partial charge on any atom is -0.495 e. The summed E-state index contributed by atoms with van der Waals surface area (Å²) in [4.78, 5) is 38.3. The summed E-state index contributed by atoms with van der Waals surface area (Å²) < 4.78 is 9.99. The van der Waals surface area contributed by atoms with E-state index in [-0.39, 0.29) is 6.42 Å². The van der Waals surface area contributed by atoms with Crippen molar-refractivity contribution < 1.29 is 29.0 Å². The quantitative estimate of drug-likeness (QED) is 0.361. The van der Waals surface area contributed by atoms with Crippen LogP contribution in [0.2, 0.25) is 5.02 Å². The molecule has 0 bridgehead atoms. The largest absolute Gasteiger partial charge is 0.495 e. The van der Waals surface area contributed by atoms with E-state index in [2.05, 4.69) is 10.6 Å². The van der Waals surface area contributed by atoms with Gasteiger partial charge in [0.25, 0.3) is 11.8 Å². The molecule has 0 saturated carbocycles. The Labute approximate surface area is 214 Å². The second-order valence-electron chi connectivity index (χ2n) is 7.93. The fraction of sp³-hybridized carbons (Fsp3) is 0.222. The molecule has 0 aliphatic rings. The number of halogens is 1. The summed E-state index contributed by atoms with van der Waals surface area (Å²) in [5, 5.41) is 16.6. The predicted octanol–water partition coefficient (Wildman–Crippen LogP) is 3.08. The van der Waals surface area contributed by atoms with Gasteiger partial charge < -0.3 is 25.2 Å². The Balaban J connectivity index is 1.81. The van der Waals surface area contributed by atoms with Gasteiger partial charge >= 0.3 is 5.97 Å². The van der Waals surface area contributed by atoms with Crippen LogP contribution in [-0.4, -0.2) is 49.3 Å². The molecular formula is C27H27ClN2O6. The van der Waals surface area contributed by atoms with Crippen molar-refractivity contribution in [2.45, 2.75) is 24.6 Å². The summed E-state index contributed by atoms with van der Waals surface area (Å²) in [5.74, 6) is -1.55. The van der Waals surface area contributed by atoms with E-state index in [9.17, 15) is 19.5 Å². The first-order valence-electron chi connectivity index (χ1n) is 11.1. The number of aliphatic hydroxyl groups is 1. The number of carbonyl (C=O) groups is 3. The summed E-state index contributed by atoms with van der Waals surface area (Å²) in [6.45, 7) is 0. The SMILES string of the molecule is COC(=O)[C@H](Cc1ccc(OC)c(Cl)c1)NC(=O)[C@H](O)[C@@H](NC(=O)c1ccccc1)c1ccccc1. The monoisotopic (exact) mass is 510 g/mol. The number of carbonyl (C=O) groups excluding carboxylic acids is 3. The number of hydrogen-bond donors (Lipinski definition) is 3. The standard InChI is InChI=1S/C27H27ClN2O6/c1-35-22-14-13-17(15-20(22)28)16-21(27(34)36-2)29-26(33)24(31)23(18-9-5-3-6-10-18)30-25(32)19-11-7-4-8-12-19/h3-15,21,23-24,31H,16H2,1-2H3,(H,29,33)(H,30,32)/t21-,23-,24+/m0/s1. The fourth-order valence-electron chi connectivity index (χ4n) is 3.64. The van der Waals surface area contributed by atoms with E-state index in [0.717, 1.165) is 0 Å². The van der Waals surface area contributed by atoms with Gasteiger partial charge in [-0.2, -0.15) is 0 Å². The number of ether oxygens (including phenoxy) is 2. The smallest absolute Gasteiger partial charge is 0.328 e. The molecule has 3 rings (SSSR count). The van der Waals surface area contributed by atoms with Gasteiger partial charge in [0.2, 0.25) is 0 Å². The maximum absolute atomic E-state index is 13.1. The summed E-state index contributed by atoms with van der Waals surface area (Å²) in [5.41, 5.74) is 1.53. The van der Waals surface area contributed by atoms with E-state index in [1.54, 1.807) is 78.9 Å². The second kappa shape index (κ2) is 12.7. The van der Waals surface area contributed by atoms with Gasteiger partial charge in [-0.3, -0.25) is 9.59 Å². The minimum absolute atomic E-state index is 0.0568. The zero-order valence-corrected chi connectivity index (χ0v) is 20.6. The molecule has 3 N–H and O–H groups in total. The van der Waals surface area contributed by atoms with Crippen LogP contribution in [0.1, 0.15) is 27.5 Å². The molecule has 9 heteroatoms. The number of benzene rings is 3. The number of hydrogen-bond acceptors (Lipinski definition) is 6. The van der Waals surface area contributed by atoms with Crippen LogP contribution in [-0.2, 0) is 20.7 Å². The van der Waals surface area contributed by atoms with Crippen LogP contribution in [0.15, 0.2) is 78.9 Å². The lowest BCUT2D eigenvalue weighted by molar-refractivity contribution is -0.146. The topological polar surface area (TPSA) is 114 Å². The Hall–Kier alpha value is -3.88. The molecule has 0 unspecified atom stereocenters. The third-order valence-electron chi connectivity index (χ3n) is 5.52. The summed E-state index contributed by atoms with van der Waals surface area (Å²) in [6, 6.07) is 19.8. The molecule has 3 aromatic carbocycles. The average molecular weight is 511 g/mol. The van der Waals surface area contributed by atoms with Gasteiger partial charge in [-0.15, -0.1) is 0 Å². The molecule has 8 nitrogen and oxygen atoms in total. The highest BCUT2D eigenvalue weighted by Gasteiger charge is 2.32. The molecule has 0 aliphatic heterocycles. The highest BCUT2D eigenvalue weighted by atomic mass is 35.5. The highest BCUT2D eigenvalue weighted by molar-refractivity contribution is 6.32. The molecule has 0 spiro atoms. The van der Waals surface area contributed by atoms with Crippen LogP contribution in [0.25, 0.3) is 0 Å². The van der Waals surface area contributed by atoms with Crippen LogP contribution >= 0.6 is 11.6 Å². The second-order valence-corrected chi connectivity index (χ2v) is 8.34. The third kappa shape index (κ3) is 6.84. The molecule has 2 amide bonds. The van der Waals surface area contributed by atoms with Gasteiger partial charge in [-0.05, 0) is 35.4 Å². The molecule has 36 heavy (non-hydrogen) atoms. The van der Waals surface area contributed by atoms with Crippen LogP contribution in [0.3, 0.4) is 0 Å². The van der Waals surface area contributed by atoms with Crippen LogP contribution in [0.4, 0.5) is 0 Å². The van der Waals surface area contributed by atoms with Gasteiger partial charge in [0.1, 0.15) is 11.8 Å². The van der Waals surface area contributed by atoms with Crippen molar-refractivity contribution in [1.82, 2.24) is 10.6 Å². The van der Waals surface area contributed by atoms with Crippen LogP contribution < -0.4 is 15.4 Å². The van der Waals surface area contributed by atoms with Crippen molar-refractivity contribution in [3.05, 3.63) is 101 Å². The van der Waals surface area contributed by atoms with Crippen molar-refractivity contribution in [2.75, 3.05) is 14.2 Å². The zero-order valence-electron chi connectivity index (χ0n) is 19.8. The molecule has 3 aromatic rings. The zero-order chi connectivity index (χ0) is 26.1. The first kappa shape index (κ1) is 26.7. The number of amides is 2. The summed E-state index contributed by atoms with van der Waals surface area (Å²) in [7, 11) is 2.69. The predicted molar refractivity (Wildman–Crippen MR) is 135 cm³/mol. The minimum atomic E-state index is -1.70. The maximum Gasteiger partial charge on any atom is 0.328 e. The normalized spacial score (nSPS) is 13.1. The molecule has 0 saturated heterocycles. The third-order valence-corrected chi connectivity index (χ3v) is 5.82. The van der Waals surface area contributed by atoms with Gasteiger partial charge in [0.05, 0.1) is 25.3 Å². The Kier molecular flexibility index (Phi) is 9.44. The van der Waals surface area contributed by atoms with Gasteiger partial charge in [-0.25, -0.2) is 4.79 Å². The molecular weight excluding hydrogens is 484 g/mol. The lowest BCUT2D eigenvalue weighted by Crippen LogP contribution is -2.51. The molecule has 188 valence electrons. The number of nitrogens with one attached hydrogen (secondary N) is 2. The number of methoxy groups -OCH3 is 2. The Morgan fingerprint density at radius 2 is 1.56 bits per heavy atom. The van der Waals surface area contributed by atoms with E-state index < -0.39 is 36.0 Å². The van der Waals surface area contributed by atoms with Crippen molar-refractivity contribution in [2.24, 2.45) is 0 Å². The highest BCUT2D eigenvalue weighted by Crippen LogP contribution is 2.26. The fourth-order valence-corrected chi connectivity index (χ4v) is 3.92. The van der Waals surface area contributed by atoms with Crippen molar-refractivity contribution in [3.8, 4) is 5.75 Å². The lowest BCUT2D eigenvalue weighted by atomic mass is 9.99. The Morgan fingerprint density at radius 3 is 2.14 bits per heavy atom. The molecule has 0 heterocycles. The summed E-state index contributed by atoms with van der Waals surface area (Å²) in [6.07, 6.45) is -1.65. The van der Waals surface area contributed by atoms with Gasteiger partial charge in [0, 0.05) is 12.0 Å². The van der Waals surface area contributed by atoms with Gasteiger partial charge in [-0.1, -0.05) is 66.2 Å². The molecule has 0 aliphatic carbocycles. The Bertz CT molecular complexity index is 1190. The van der Waals surface area contributed by atoms with Gasteiger partial charge in [0.15, 0.2) is 6.10 Å². The average Bonchev–Trinajstić information content (AvgIpc) is 2.91. The Morgan fingerprint density at radius 1 is 0.917 bits per heavy atom. The lowest BCUT2D eigenvalue weighted by Gasteiger charge is -2.26. The number of rotatable bonds is 10. The van der Waals surface area contributed by atoms with Crippen molar-refractivity contribution in [1.29, 1.82) is 0 Å². The van der Waals surface area contributed by atoms with Crippen LogP contribution in [0, 0.1) is 0 Å². The van der Waals surface area contributed by atoms with E-state index in [1.165, 1.54) is 14.2 Å². The van der Waals surface area contributed by atoms with Crippen molar-refractivity contribution in [3.63, 3.8) is 0 Å². The maximum atomic E-state index is 13.1. The van der Waals surface area contributed by atoms with E-state index in [0.29, 0.717) is 27.5 Å². The molecule has 0 radical (unpaired) electrons. The molecule has 3 atom stereocenters. The van der Waals surface area contributed by atoms with Crippen LogP contribution in [0.5, 0.6) is 5.75 Å². The van der Waals surface area contributed by atoms with E-state index >= 15 is 0 Å². The van der Waals surface area contributed by atoms with Crippen molar-refractivity contribution >= 4 is 29.4 Å². The van der Waals surface area contributed by atoms with E-state index in [4.69, 9.17) is 21.1 Å². The summed E-state index contributed by atoms with van der Waals surface area (Å²) >= 11 is 6.18. The van der Waals surface area contributed by atoms with E-state index in [1.807, 2.05) is 0 Å². The molecule has 0 aromatic heterocycles. The first-order valence-corrected chi connectivity index (χ1v) is 11.5. The molecule has 0 fully saturated rings.